The molecule has 0 aliphatic carbocycles. The molecule has 0 unspecified atom stereocenters. The number of anilines is 1. The first-order valence-corrected chi connectivity index (χ1v) is 9.12. The number of aromatic nitrogens is 1. The van der Waals surface area contributed by atoms with Crippen LogP contribution in [0.4, 0.5) is 28.0 Å². The van der Waals surface area contributed by atoms with E-state index in [1.54, 1.807) is 12.1 Å². The maximum atomic E-state index is 13.0. The number of nitrogens with one attached hydrogen (secondary N) is 2. The first-order chi connectivity index (χ1) is 13.3. The van der Waals surface area contributed by atoms with Crippen molar-refractivity contribution in [1.29, 1.82) is 0 Å². The van der Waals surface area contributed by atoms with E-state index in [9.17, 15) is 22.4 Å². The van der Waals surface area contributed by atoms with Gasteiger partial charge in [0, 0.05) is 23.9 Å². The number of hydrogen-bond donors (Lipinski definition) is 2. The van der Waals surface area contributed by atoms with Crippen LogP contribution in [-0.4, -0.2) is 17.6 Å². The number of carbonyl (C=O) groups excluding carboxylic acids is 1. The van der Waals surface area contributed by atoms with Crippen molar-refractivity contribution in [3.05, 3.63) is 71.0 Å². The summed E-state index contributed by atoms with van der Waals surface area (Å²) in [5.41, 5.74) is 0.292. The van der Waals surface area contributed by atoms with Gasteiger partial charge in [-0.05, 0) is 36.4 Å². The van der Waals surface area contributed by atoms with Gasteiger partial charge in [0.2, 0.25) is 0 Å². The second-order valence-corrected chi connectivity index (χ2v) is 6.68. The lowest BCUT2D eigenvalue weighted by Crippen LogP contribution is -2.31. The fraction of sp³-hybridized carbons (Fsp3) is 0.158. The number of carbonyl (C=O) groups is 1. The summed E-state index contributed by atoms with van der Waals surface area (Å²) in [6.07, 6.45) is -4.15. The summed E-state index contributed by atoms with van der Waals surface area (Å²) in [5, 5.41) is 7.27. The number of thiazole rings is 1. The van der Waals surface area contributed by atoms with Crippen molar-refractivity contribution in [2.75, 3.05) is 11.9 Å². The van der Waals surface area contributed by atoms with Gasteiger partial charge in [-0.15, -0.1) is 11.3 Å². The third-order valence-corrected chi connectivity index (χ3v) is 4.73. The van der Waals surface area contributed by atoms with Crippen LogP contribution in [0.1, 0.15) is 11.3 Å². The van der Waals surface area contributed by atoms with Crippen molar-refractivity contribution in [2.45, 2.75) is 12.6 Å². The highest BCUT2D eigenvalue weighted by molar-refractivity contribution is 7.13. The topological polar surface area (TPSA) is 54.0 Å². The Bertz CT molecular complexity index is 954. The molecule has 0 saturated heterocycles. The molecule has 0 fully saturated rings. The SMILES string of the molecule is O=C(NCCc1csc(-c2ccc(F)cc2)n1)Nc1ccccc1C(F)(F)F. The molecule has 2 aromatic carbocycles. The van der Waals surface area contributed by atoms with Gasteiger partial charge in [-0.1, -0.05) is 12.1 Å². The van der Waals surface area contributed by atoms with Crippen LogP contribution in [0.25, 0.3) is 10.6 Å². The fourth-order valence-corrected chi connectivity index (χ4v) is 3.32. The molecule has 9 heteroatoms. The zero-order valence-electron chi connectivity index (χ0n) is 14.4. The Morgan fingerprint density at radius 1 is 1.07 bits per heavy atom. The molecule has 0 aliphatic rings. The van der Waals surface area contributed by atoms with E-state index in [0.29, 0.717) is 6.42 Å². The number of rotatable bonds is 5. The Hall–Kier alpha value is -2.94. The first-order valence-electron chi connectivity index (χ1n) is 8.24. The molecular weight excluding hydrogens is 394 g/mol. The molecule has 0 aliphatic heterocycles. The predicted molar refractivity (Wildman–Crippen MR) is 99.7 cm³/mol. The van der Waals surface area contributed by atoms with E-state index < -0.39 is 17.8 Å². The smallest absolute Gasteiger partial charge is 0.337 e. The van der Waals surface area contributed by atoms with Crippen molar-refractivity contribution in [1.82, 2.24) is 10.3 Å². The fourth-order valence-electron chi connectivity index (χ4n) is 2.46. The van der Waals surface area contributed by atoms with Crippen LogP contribution in [-0.2, 0) is 12.6 Å². The predicted octanol–water partition coefficient (Wildman–Crippen LogP) is 5.33. The molecule has 0 bridgehead atoms. The van der Waals surface area contributed by atoms with Crippen LogP contribution in [0, 0.1) is 5.82 Å². The van der Waals surface area contributed by atoms with Gasteiger partial charge in [-0.2, -0.15) is 13.2 Å². The van der Waals surface area contributed by atoms with Crippen molar-refractivity contribution < 1.29 is 22.4 Å². The number of para-hydroxylation sites is 1. The van der Waals surface area contributed by atoms with Gasteiger partial charge in [-0.25, -0.2) is 14.2 Å². The average Bonchev–Trinajstić information content (AvgIpc) is 3.11. The Morgan fingerprint density at radius 3 is 2.50 bits per heavy atom. The highest BCUT2D eigenvalue weighted by Crippen LogP contribution is 2.34. The van der Waals surface area contributed by atoms with Gasteiger partial charge in [-0.3, -0.25) is 0 Å². The maximum Gasteiger partial charge on any atom is 0.418 e. The summed E-state index contributed by atoms with van der Waals surface area (Å²) in [5.74, 6) is -0.331. The molecule has 1 heterocycles. The summed E-state index contributed by atoms with van der Waals surface area (Å²) in [7, 11) is 0. The van der Waals surface area contributed by atoms with Gasteiger partial charge < -0.3 is 10.6 Å². The summed E-state index contributed by atoms with van der Waals surface area (Å²) >= 11 is 1.39. The van der Waals surface area contributed by atoms with Gasteiger partial charge in [0.25, 0.3) is 0 Å². The van der Waals surface area contributed by atoms with Crippen LogP contribution in [0.2, 0.25) is 0 Å². The first kappa shape index (κ1) is 19.8. The summed E-state index contributed by atoms with van der Waals surface area (Å²) in [4.78, 5) is 16.3. The van der Waals surface area contributed by atoms with E-state index in [2.05, 4.69) is 15.6 Å². The van der Waals surface area contributed by atoms with Crippen LogP contribution >= 0.6 is 11.3 Å². The summed E-state index contributed by atoms with van der Waals surface area (Å²) in [6.45, 7) is 0.201. The number of alkyl halides is 3. The third kappa shape index (κ3) is 5.07. The minimum atomic E-state index is -4.55. The Labute approximate surface area is 162 Å². The minimum absolute atomic E-state index is 0.201. The minimum Gasteiger partial charge on any atom is -0.337 e. The number of benzene rings is 2. The molecule has 0 radical (unpaired) electrons. The second kappa shape index (κ2) is 8.39. The summed E-state index contributed by atoms with van der Waals surface area (Å²) in [6, 6.07) is 9.99. The standard InChI is InChI=1S/C19H15F4N3OS/c20-13-7-5-12(6-8-13)17-25-14(11-28-17)9-10-24-18(27)26-16-4-2-1-3-15(16)19(21,22)23/h1-8,11H,9-10H2,(H2,24,26,27). The molecule has 2 N–H and O–H groups in total. The molecule has 0 atom stereocenters. The van der Waals surface area contributed by atoms with Crippen molar-refractivity contribution in [3.8, 4) is 10.6 Å². The number of urea groups is 1. The molecule has 4 nitrogen and oxygen atoms in total. The molecule has 3 rings (SSSR count). The molecule has 3 aromatic rings. The molecule has 2 amide bonds. The van der Waals surface area contributed by atoms with E-state index in [4.69, 9.17) is 0 Å². The number of halogens is 4. The van der Waals surface area contributed by atoms with Gasteiger partial charge in [0.05, 0.1) is 16.9 Å². The van der Waals surface area contributed by atoms with E-state index in [0.717, 1.165) is 22.3 Å². The lowest BCUT2D eigenvalue weighted by molar-refractivity contribution is -0.136. The van der Waals surface area contributed by atoms with Crippen LogP contribution in [0.3, 0.4) is 0 Å². The van der Waals surface area contributed by atoms with E-state index in [1.807, 2.05) is 5.38 Å². The molecule has 0 saturated carbocycles. The molecule has 28 heavy (non-hydrogen) atoms. The normalized spacial score (nSPS) is 11.3. The monoisotopic (exact) mass is 409 g/mol. The Balaban J connectivity index is 1.53. The average molecular weight is 409 g/mol. The Kier molecular flexibility index (Phi) is 5.93. The zero-order valence-corrected chi connectivity index (χ0v) is 15.2. The number of hydrogen-bond acceptors (Lipinski definition) is 3. The van der Waals surface area contributed by atoms with Gasteiger partial charge in [0.1, 0.15) is 10.8 Å². The number of amides is 2. The summed E-state index contributed by atoms with van der Waals surface area (Å²) < 4.78 is 51.8. The van der Waals surface area contributed by atoms with E-state index in [1.165, 1.54) is 41.7 Å². The zero-order chi connectivity index (χ0) is 20.1. The van der Waals surface area contributed by atoms with Crippen LogP contribution in [0.15, 0.2) is 53.9 Å². The molecular formula is C19H15F4N3OS. The van der Waals surface area contributed by atoms with Crippen molar-refractivity contribution in [2.24, 2.45) is 0 Å². The van der Waals surface area contributed by atoms with Crippen LogP contribution < -0.4 is 10.6 Å². The Morgan fingerprint density at radius 2 is 1.79 bits per heavy atom. The largest absolute Gasteiger partial charge is 0.418 e. The van der Waals surface area contributed by atoms with Crippen LogP contribution in [0.5, 0.6) is 0 Å². The second-order valence-electron chi connectivity index (χ2n) is 5.83. The molecule has 146 valence electrons. The third-order valence-electron chi connectivity index (χ3n) is 3.79. The number of nitrogens with zero attached hydrogens (tertiary/aromatic N) is 1. The lowest BCUT2D eigenvalue weighted by atomic mass is 10.1. The maximum absolute atomic E-state index is 13.0. The van der Waals surface area contributed by atoms with Crippen molar-refractivity contribution in [3.63, 3.8) is 0 Å². The molecule has 0 spiro atoms. The molecule has 1 aromatic heterocycles. The van der Waals surface area contributed by atoms with E-state index in [-0.39, 0.29) is 18.0 Å². The van der Waals surface area contributed by atoms with Gasteiger partial charge >= 0.3 is 12.2 Å². The van der Waals surface area contributed by atoms with Gasteiger partial charge in [0.15, 0.2) is 0 Å². The highest BCUT2D eigenvalue weighted by atomic mass is 32.1. The lowest BCUT2D eigenvalue weighted by Gasteiger charge is -2.13. The van der Waals surface area contributed by atoms with E-state index >= 15 is 0 Å². The quantitative estimate of drug-likeness (QED) is 0.560. The highest BCUT2D eigenvalue weighted by Gasteiger charge is 2.33. The van der Waals surface area contributed by atoms with Crippen molar-refractivity contribution >= 4 is 23.1 Å².